The van der Waals surface area contributed by atoms with Gasteiger partial charge in [-0.25, -0.2) is 9.82 Å². The highest BCUT2D eigenvalue weighted by Gasteiger charge is 2.13. The molecular weight excluding hydrogens is 280 g/mol. The first-order chi connectivity index (χ1) is 10.6. The lowest BCUT2D eigenvalue weighted by atomic mass is 10.2. The minimum atomic E-state index is 0.523. The fourth-order valence-corrected chi connectivity index (χ4v) is 2.39. The van der Waals surface area contributed by atoms with Crippen LogP contribution < -0.4 is 10.4 Å². The molecule has 3 N–H and O–H groups in total. The van der Waals surface area contributed by atoms with Crippen molar-refractivity contribution in [3.63, 3.8) is 0 Å². The van der Waals surface area contributed by atoms with Gasteiger partial charge in [0.2, 0.25) is 0 Å². The predicted molar refractivity (Wildman–Crippen MR) is 85.3 cm³/mol. The molecule has 6 heteroatoms. The van der Waals surface area contributed by atoms with Gasteiger partial charge in [-0.05, 0) is 30.3 Å². The molecule has 0 aliphatic heterocycles. The molecule has 0 aliphatic carbocycles. The number of anilines is 1. The standard InChI is InChI=1S/C16H18N4O2/c1-19(2)13-7-4-11(5-8-13)16-17-14-9-6-12(18-22-3)10-15(14)20(16)21/h4-10,18,21H,1-3H3/p+1. The fraction of sp³-hybridized carbons (Fsp3) is 0.188. The third-order valence-corrected chi connectivity index (χ3v) is 3.55. The van der Waals surface area contributed by atoms with Crippen LogP contribution in [0.5, 0.6) is 0 Å². The molecule has 1 aromatic heterocycles. The maximum atomic E-state index is 10.4. The van der Waals surface area contributed by atoms with Gasteiger partial charge in [-0.15, -0.1) is 0 Å². The third kappa shape index (κ3) is 2.49. The van der Waals surface area contributed by atoms with Crippen LogP contribution in [-0.4, -0.2) is 36.1 Å². The minimum Gasteiger partial charge on any atom is -0.426 e. The summed E-state index contributed by atoms with van der Waals surface area (Å²) in [5, 5.41) is 10.4. The van der Waals surface area contributed by atoms with Gasteiger partial charge in [0.1, 0.15) is 5.52 Å². The lowest BCUT2D eigenvalue weighted by Gasteiger charge is -2.12. The molecule has 3 rings (SSSR count). The van der Waals surface area contributed by atoms with Crippen molar-refractivity contribution in [2.75, 3.05) is 26.1 Å². The zero-order chi connectivity index (χ0) is 15.7. The highest BCUT2D eigenvalue weighted by atomic mass is 16.6. The topological polar surface area (TPSA) is 67.1 Å². The monoisotopic (exact) mass is 299 g/mol. The van der Waals surface area contributed by atoms with E-state index in [9.17, 15) is 5.21 Å². The van der Waals surface area contributed by atoms with E-state index >= 15 is 0 Å². The lowest BCUT2D eigenvalue weighted by molar-refractivity contribution is -0.830. The van der Waals surface area contributed by atoms with Gasteiger partial charge in [0.25, 0.3) is 0 Å². The summed E-state index contributed by atoms with van der Waals surface area (Å²) in [5.41, 5.74) is 5.85. The quantitative estimate of drug-likeness (QED) is 0.438. The van der Waals surface area contributed by atoms with Crippen LogP contribution in [0.25, 0.3) is 22.4 Å². The van der Waals surface area contributed by atoms with Gasteiger partial charge in [-0.2, -0.15) is 10.2 Å². The van der Waals surface area contributed by atoms with E-state index in [1.807, 2.05) is 61.5 Å². The van der Waals surface area contributed by atoms with Crippen molar-refractivity contribution in [2.24, 2.45) is 0 Å². The normalized spacial score (nSPS) is 11.0. The van der Waals surface area contributed by atoms with Crippen molar-refractivity contribution in [2.45, 2.75) is 0 Å². The molecule has 0 unspecified atom stereocenters. The van der Waals surface area contributed by atoms with Crippen LogP contribution in [0.15, 0.2) is 42.5 Å². The van der Waals surface area contributed by atoms with E-state index in [1.165, 1.54) is 0 Å². The molecule has 0 radical (unpaired) electrons. The van der Waals surface area contributed by atoms with Gasteiger partial charge >= 0.3 is 0 Å². The van der Waals surface area contributed by atoms with E-state index in [2.05, 4.69) is 4.98 Å². The molecule has 0 amide bonds. The molecule has 6 nitrogen and oxygen atoms in total. The van der Waals surface area contributed by atoms with Crippen molar-refractivity contribution in [3.05, 3.63) is 42.5 Å². The number of imidazole rings is 1. The van der Waals surface area contributed by atoms with E-state index < -0.39 is 0 Å². The van der Waals surface area contributed by atoms with Gasteiger partial charge in [-0.3, -0.25) is 0 Å². The first kappa shape index (κ1) is 14.4. The number of hydrogen-bond donors (Lipinski definition) is 2. The summed E-state index contributed by atoms with van der Waals surface area (Å²) in [6.45, 7) is 0. The van der Waals surface area contributed by atoms with Gasteiger partial charge in [0.05, 0.1) is 12.6 Å². The number of nitrogens with two attached hydrogens (primary N) is 1. The van der Waals surface area contributed by atoms with Crippen molar-refractivity contribution in [1.29, 1.82) is 0 Å². The van der Waals surface area contributed by atoms with E-state index in [0.717, 1.165) is 27.2 Å². The smallest absolute Gasteiger partial charge is 0.176 e. The number of quaternary nitrogens is 1. The Bertz CT molecular complexity index is 794. The fourth-order valence-electron chi connectivity index (χ4n) is 2.39. The molecule has 0 bridgehead atoms. The summed E-state index contributed by atoms with van der Waals surface area (Å²) >= 11 is 0. The molecule has 0 saturated carbocycles. The van der Waals surface area contributed by atoms with Crippen LogP contribution in [0.3, 0.4) is 0 Å². The van der Waals surface area contributed by atoms with Crippen LogP contribution >= 0.6 is 0 Å². The Morgan fingerprint density at radius 1 is 1.14 bits per heavy atom. The van der Waals surface area contributed by atoms with Gasteiger partial charge in [0.15, 0.2) is 11.5 Å². The van der Waals surface area contributed by atoms with Gasteiger partial charge in [0, 0.05) is 37.5 Å². The average molecular weight is 299 g/mol. The maximum Gasteiger partial charge on any atom is 0.176 e. The Morgan fingerprint density at radius 2 is 1.86 bits per heavy atom. The summed E-state index contributed by atoms with van der Waals surface area (Å²) in [7, 11) is 5.58. The second-order valence-electron chi connectivity index (χ2n) is 5.29. The molecule has 0 aliphatic rings. The molecule has 2 aromatic carbocycles. The first-order valence-electron chi connectivity index (χ1n) is 6.95. The van der Waals surface area contributed by atoms with E-state index in [-0.39, 0.29) is 0 Å². The number of hydrogen-bond acceptors (Lipinski definition) is 4. The Labute approximate surface area is 128 Å². The molecular formula is C16H19N4O2+. The van der Waals surface area contributed by atoms with E-state index in [4.69, 9.17) is 4.84 Å². The number of aromatic nitrogens is 2. The number of fused-ring (bicyclic) bond motifs is 1. The predicted octanol–water partition coefficient (Wildman–Crippen LogP) is 1.76. The van der Waals surface area contributed by atoms with Crippen molar-refractivity contribution >= 4 is 22.4 Å². The first-order valence-corrected chi connectivity index (χ1v) is 6.95. The Hall–Kier alpha value is -2.57. The number of rotatable bonds is 4. The van der Waals surface area contributed by atoms with Gasteiger partial charge in [-0.1, -0.05) is 0 Å². The Balaban J connectivity index is 2.05. The summed E-state index contributed by atoms with van der Waals surface area (Å²) in [4.78, 5) is 11.5. The van der Waals surface area contributed by atoms with Crippen LogP contribution in [0.1, 0.15) is 0 Å². The molecule has 0 atom stereocenters. The summed E-state index contributed by atoms with van der Waals surface area (Å²) in [6, 6.07) is 13.5. The number of benzene rings is 2. The minimum absolute atomic E-state index is 0.523. The molecule has 1 heterocycles. The molecule has 114 valence electrons. The lowest BCUT2D eigenvalue weighted by Crippen LogP contribution is -2.75. The zero-order valence-corrected chi connectivity index (χ0v) is 12.8. The third-order valence-electron chi connectivity index (χ3n) is 3.55. The van der Waals surface area contributed by atoms with Crippen LogP contribution in [0.2, 0.25) is 0 Å². The van der Waals surface area contributed by atoms with E-state index in [1.54, 1.807) is 12.6 Å². The van der Waals surface area contributed by atoms with Crippen LogP contribution in [0.4, 0.5) is 11.4 Å². The van der Waals surface area contributed by atoms with Crippen LogP contribution in [-0.2, 0) is 4.84 Å². The van der Waals surface area contributed by atoms with E-state index in [0.29, 0.717) is 11.3 Å². The number of nitrogens with zero attached hydrogens (tertiary/aromatic N) is 3. The average Bonchev–Trinajstić information content (AvgIpc) is 2.85. The molecule has 0 spiro atoms. The molecule has 0 fully saturated rings. The second kappa shape index (κ2) is 5.67. The summed E-state index contributed by atoms with van der Waals surface area (Å²) in [5.74, 6) is 0.523. The second-order valence-corrected chi connectivity index (χ2v) is 5.29. The van der Waals surface area contributed by atoms with Crippen LogP contribution in [0, 0.1) is 0 Å². The van der Waals surface area contributed by atoms with Crippen molar-refractivity contribution < 1.29 is 15.5 Å². The van der Waals surface area contributed by atoms with Crippen molar-refractivity contribution in [1.82, 2.24) is 9.71 Å². The summed E-state index contributed by atoms with van der Waals surface area (Å²) < 4.78 is 1.12. The maximum absolute atomic E-state index is 10.4. The molecule has 0 saturated heterocycles. The highest BCUT2D eigenvalue weighted by Crippen LogP contribution is 2.26. The van der Waals surface area contributed by atoms with Crippen molar-refractivity contribution in [3.8, 4) is 11.4 Å². The zero-order valence-electron chi connectivity index (χ0n) is 12.8. The molecule has 3 aromatic rings. The summed E-state index contributed by atoms with van der Waals surface area (Å²) in [6.07, 6.45) is 0. The van der Waals surface area contributed by atoms with Gasteiger partial charge < -0.3 is 10.1 Å². The Kier molecular flexibility index (Phi) is 3.70. The molecule has 22 heavy (non-hydrogen) atoms. The Morgan fingerprint density at radius 3 is 2.50 bits per heavy atom. The SMILES string of the molecule is CO[NH2+]c1ccc2nc(-c3ccc(N(C)C)cc3)n(O)c2c1. The largest absolute Gasteiger partial charge is 0.426 e. The highest BCUT2D eigenvalue weighted by molar-refractivity contribution is 5.82.